The van der Waals surface area contributed by atoms with E-state index in [2.05, 4.69) is 29.7 Å². The first kappa shape index (κ1) is 11.6. The van der Waals surface area contributed by atoms with Gasteiger partial charge in [-0.1, -0.05) is 24.3 Å². The van der Waals surface area contributed by atoms with Crippen LogP contribution in [0.2, 0.25) is 0 Å². The average Bonchev–Trinajstić information content (AvgIpc) is 2.63. The van der Waals surface area contributed by atoms with Crippen LogP contribution in [0, 0.1) is 6.92 Å². The largest absolute Gasteiger partial charge is 0.314 e. The third-order valence-electron chi connectivity index (χ3n) is 2.48. The summed E-state index contributed by atoms with van der Waals surface area (Å²) in [6.45, 7) is 3.90. The van der Waals surface area contributed by atoms with E-state index in [1.807, 2.05) is 31.5 Å². The molecule has 1 aromatic carbocycles. The van der Waals surface area contributed by atoms with E-state index in [0.29, 0.717) is 0 Å². The van der Waals surface area contributed by atoms with Crippen molar-refractivity contribution < 1.29 is 0 Å². The number of aryl methyl sites for hydroxylation is 1. The SMILES string of the molecule is Cc1ncsc1-c1ccc(C(C)(N)S)cc1. The van der Waals surface area contributed by atoms with Crippen LogP contribution in [0.3, 0.4) is 0 Å². The van der Waals surface area contributed by atoms with Crippen LogP contribution in [0.25, 0.3) is 10.4 Å². The van der Waals surface area contributed by atoms with E-state index < -0.39 is 4.87 Å². The second-order valence-electron chi connectivity index (χ2n) is 3.99. The molecule has 0 aliphatic carbocycles. The minimum Gasteiger partial charge on any atom is -0.314 e. The molecule has 16 heavy (non-hydrogen) atoms. The van der Waals surface area contributed by atoms with Crippen LogP contribution in [-0.2, 0) is 4.87 Å². The van der Waals surface area contributed by atoms with E-state index >= 15 is 0 Å². The van der Waals surface area contributed by atoms with E-state index in [4.69, 9.17) is 5.73 Å². The second-order valence-corrected chi connectivity index (χ2v) is 5.78. The zero-order valence-corrected chi connectivity index (χ0v) is 11.0. The van der Waals surface area contributed by atoms with Gasteiger partial charge in [-0.25, -0.2) is 4.98 Å². The lowest BCUT2D eigenvalue weighted by Gasteiger charge is -2.18. The van der Waals surface area contributed by atoms with Gasteiger partial charge in [0.2, 0.25) is 0 Å². The average molecular weight is 250 g/mol. The number of hydrogen-bond acceptors (Lipinski definition) is 4. The Labute approximate surface area is 105 Å². The number of thiazole rings is 1. The van der Waals surface area contributed by atoms with Gasteiger partial charge in [0.15, 0.2) is 0 Å². The molecule has 0 spiro atoms. The molecule has 0 fully saturated rings. The van der Waals surface area contributed by atoms with Crippen LogP contribution >= 0.6 is 24.0 Å². The van der Waals surface area contributed by atoms with E-state index in [1.54, 1.807) is 11.3 Å². The summed E-state index contributed by atoms with van der Waals surface area (Å²) in [6.07, 6.45) is 0. The number of hydrogen-bond donors (Lipinski definition) is 2. The first-order chi connectivity index (χ1) is 7.48. The molecule has 1 atom stereocenters. The fraction of sp³-hybridized carbons (Fsp3) is 0.250. The molecular formula is C12H14N2S2. The van der Waals surface area contributed by atoms with Crippen LogP contribution in [0.1, 0.15) is 18.2 Å². The smallest absolute Gasteiger partial charge is 0.0818 e. The zero-order chi connectivity index (χ0) is 11.8. The van der Waals surface area contributed by atoms with Gasteiger partial charge in [-0.2, -0.15) is 12.6 Å². The van der Waals surface area contributed by atoms with E-state index in [0.717, 1.165) is 11.3 Å². The third-order valence-corrected chi connectivity index (χ3v) is 3.71. The summed E-state index contributed by atoms with van der Waals surface area (Å²) in [5, 5.41) is 0. The Morgan fingerprint density at radius 1 is 1.31 bits per heavy atom. The highest BCUT2D eigenvalue weighted by Crippen LogP contribution is 2.29. The Bertz CT molecular complexity index is 480. The normalized spacial score (nSPS) is 14.8. The summed E-state index contributed by atoms with van der Waals surface area (Å²) in [7, 11) is 0. The molecule has 0 aliphatic heterocycles. The number of benzene rings is 1. The maximum atomic E-state index is 5.91. The molecule has 0 saturated carbocycles. The van der Waals surface area contributed by atoms with Crippen LogP contribution in [0.5, 0.6) is 0 Å². The van der Waals surface area contributed by atoms with Crippen molar-refractivity contribution in [2.24, 2.45) is 5.73 Å². The minimum absolute atomic E-state index is 0.582. The predicted octanol–water partition coefficient (Wildman–Crippen LogP) is 3.18. The zero-order valence-electron chi connectivity index (χ0n) is 9.27. The first-order valence-corrected chi connectivity index (χ1v) is 6.33. The topological polar surface area (TPSA) is 38.9 Å². The lowest BCUT2D eigenvalue weighted by atomic mass is 10.1. The van der Waals surface area contributed by atoms with Gasteiger partial charge in [0.1, 0.15) is 0 Å². The molecule has 4 heteroatoms. The fourth-order valence-corrected chi connectivity index (χ4v) is 2.50. The monoisotopic (exact) mass is 250 g/mol. The molecule has 0 aliphatic rings. The molecule has 1 aromatic heterocycles. The lowest BCUT2D eigenvalue weighted by molar-refractivity contribution is 0.745. The molecule has 0 saturated heterocycles. The van der Waals surface area contributed by atoms with Crippen LogP contribution in [-0.4, -0.2) is 4.98 Å². The van der Waals surface area contributed by atoms with Gasteiger partial charge in [-0.05, 0) is 25.0 Å². The Morgan fingerprint density at radius 3 is 2.38 bits per heavy atom. The Kier molecular flexibility index (Phi) is 3.06. The molecule has 2 nitrogen and oxygen atoms in total. The van der Waals surface area contributed by atoms with Gasteiger partial charge in [0.25, 0.3) is 0 Å². The van der Waals surface area contributed by atoms with Crippen molar-refractivity contribution in [1.29, 1.82) is 0 Å². The lowest BCUT2D eigenvalue weighted by Crippen LogP contribution is -2.25. The van der Waals surface area contributed by atoms with Gasteiger partial charge < -0.3 is 5.73 Å². The van der Waals surface area contributed by atoms with Gasteiger partial charge in [-0.3, -0.25) is 0 Å². The van der Waals surface area contributed by atoms with Crippen molar-refractivity contribution in [2.75, 3.05) is 0 Å². The summed E-state index contributed by atoms with van der Waals surface area (Å²) in [5.74, 6) is 0. The van der Waals surface area contributed by atoms with E-state index in [1.165, 1.54) is 10.4 Å². The number of nitrogens with two attached hydrogens (primary N) is 1. The molecule has 84 valence electrons. The van der Waals surface area contributed by atoms with E-state index in [-0.39, 0.29) is 0 Å². The molecule has 2 aromatic rings. The summed E-state index contributed by atoms with van der Waals surface area (Å²) in [6, 6.07) is 8.16. The number of nitrogens with zero attached hydrogens (tertiary/aromatic N) is 1. The number of thiol groups is 1. The molecule has 1 heterocycles. The van der Waals surface area contributed by atoms with Crippen molar-refractivity contribution >= 4 is 24.0 Å². The van der Waals surface area contributed by atoms with Crippen molar-refractivity contribution in [1.82, 2.24) is 4.98 Å². The van der Waals surface area contributed by atoms with Crippen molar-refractivity contribution in [3.8, 4) is 10.4 Å². The van der Waals surface area contributed by atoms with Crippen LogP contribution < -0.4 is 5.73 Å². The van der Waals surface area contributed by atoms with Crippen molar-refractivity contribution in [2.45, 2.75) is 18.7 Å². The van der Waals surface area contributed by atoms with Gasteiger partial charge in [0, 0.05) is 0 Å². The van der Waals surface area contributed by atoms with Gasteiger partial charge in [-0.15, -0.1) is 11.3 Å². The molecule has 0 bridgehead atoms. The maximum absolute atomic E-state index is 5.91. The Hall–Kier alpha value is -0.840. The van der Waals surface area contributed by atoms with Crippen molar-refractivity contribution in [3.63, 3.8) is 0 Å². The molecule has 0 radical (unpaired) electrons. The summed E-state index contributed by atoms with van der Waals surface area (Å²) < 4.78 is 0. The standard InChI is InChI=1S/C12H14N2S2/c1-8-11(16-7-14-8)9-3-5-10(6-4-9)12(2,13)15/h3-7,15H,13H2,1-2H3. The quantitative estimate of drug-likeness (QED) is 0.634. The van der Waals surface area contributed by atoms with E-state index in [9.17, 15) is 0 Å². The first-order valence-electron chi connectivity index (χ1n) is 5.01. The number of aromatic nitrogens is 1. The Balaban J connectivity index is 2.37. The molecule has 1 unspecified atom stereocenters. The molecule has 2 rings (SSSR count). The van der Waals surface area contributed by atoms with Gasteiger partial charge in [0.05, 0.1) is 21.0 Å². The highest BCUT2D eigenvalue weighted by Gasteiger charge is 2.15. The molecule has 2 N–H and O–H groups in total. The van der Waals surface area contributed by atoms with Crippen LogP contribution in [0.4, 0.5) is 0 Å². The van der Waals surface area contributed by atoms with Gasteiger partial charge >= 0.3 is 0 Å². The number of rotatable bonds is 2. The maximum Gasteiger partial charge on any atom is 0.0818 e. The third kappa shape index (κ3) is 2.29. The summed E-state index contributed by atoms with van der Waals surface area (Å²) in [5.41, 5.74) is 11.0. The highest BCUT2D eigenvalue weighted by atomic mass is 32.1. The molecular weight excluding hydrogens is 236 g/mol. The minimum atomic E-state index is -0.582. The predicted molar refractivity (Wildman–Crippen MR) is 72.8 cm³/mol. The van der Waals surface area contributed by atoms with Crippen LogP contribution in [0.15, 0.2) is 29.8 Å². The Morgan fingerprint density at radius 2 is 1.94 bits per heavy atom. The fourth-order valence-electron chi connectivity index (χ4n) is 1.54. The highest BCUT2D eigenvalue weighted by molar-refractivity contribution is 7.81. The summed E-state index contributed by atoms with van der Waals surface area (Å²) >= 11 is 6.00. The second kappa shape index (κ2) is 4.20. The summed E-state index contributed by atoms with van der Waals surface area (Å²) in [4.78, 5) is 4.87. The van der Waals surface area contributed by atoms with Crippen molar-refractivity contribution in [3.05, 3.63) is 41.0 Å². The molecule has 0 amide bonds.